The van der Waals surface area contributed by atoms with Crippen molar-refractivity contribution < 1.29 is 0 Å². The Balaban J connectivity index is 3.28. The average molecular weight is 141 g/mol. The fourth-order valence-corrected chi connectivity index (χ4v) is 0.974. The molecular formula is C7H12NP. The molecule has 0 heterocycles. The van der Waals surface area contributed by atoms with Gasteiger partial charge in [-0.1, -0.05) is 12.0 Å². The summed E-state index contributed by atoms with van der Waals surface area (Å²) in [4.78, 5) is 0. The minimum atomic E-state index is -0.0223. The van der Waals surface area contributed by atoms with Gasteiger partial charge in [-0.3, -0.25) is 5.09 Å². The molecule has 0 rings (SSSR count). The maximum atomic E-state index is 5.01. The highest BCUT2D eigenvalue weighted by Gasteiger charge is 1.89. The zero-order valence-corrected chi connectivity index (χ0v) is 6.78. The van der Waals surface area contributed by atoms with Gasteiger partial charge in [0.05, 0.1) is 0 Å². The van der Waals surface area contributed by atoms with Crippen LogP contribution in [0.5, 0.6) is 0 Å². The van der Waals surface area contributed by atoms with Gasteiger partial charge < -0.3 is 0 Å². The smallest absolute Gasteiger partial charge is 0.000688 e. The highest BCUT2D eigenvalue weighted by molar-refractivity contribution is 7.54. The standard InChI is InChI=1S/C7H12NP/c1-4-5-6-7-9(3)8-2/h1,5-6,8H,7H2,2-3H3/b6-5+. The van der Waals surface area contributed by atoms with E-state index in [2.05, 4.69) is 17.7 Å². The van der Waals surface area contributed by atoms with Crippen LogP contribution in [-0.4, -0.2) is 19.9 Å². The summed E-state index contributed by atoms with van der Waals surface area (Å²) in [5, 5.41) is 3.17. The van der Waals surface area contributed by atoms with Crippen LogP contribution in [0.15, 0.2) is 12.2 Å². The second-order valence-corrected chi connectivity index (χ2v) is 3.88. The first-order valence-corrected chi connectivity index (χ1v) is 4.78. The van der Waals surface area contributed by atoms with Gasteiger partial charge in [-0.05, 0) is 34.0 Å². The lowest BCUT2D eigenvalue weighted by Crippen LogP contribution is -1.97. The molecule has 0 saturated heterocycles. The third-order valence-electron chi connectivity index (χ3n) is 0.975. The summed E-state index contributed by atoms with van der Waals surface area (Å²) < 4.78 is 0. The number of terminal acetylenes is 1. The maximum Gasteiger partial charge on any atom is -0.000688 e. The van der Waals surface area contributed by atoms with Crippen molar-refractivity contribution in [3.63, 3.8) is 0 Å². The zero-order valence-electron chi connectivity index (χ0n) is 5.89. The normalized spacial score (nSPS) is 13.4. The second-order valence-electron chi connectivity index (χ2n) is 1.67. The predicted octanol–water partition coefficient (Wildman–Crippen LogP) is 1.42. The summed E-state index contributed by atoms with van der Waals surface area (Å²) in [5.41, 5.74) is 0. The molecule has 0 aliphatic carbocycles. The Morgan fingerprint density at radius 3 is 2.89 bits per heavy atom. The first kappa shape index (κ1) is 8.69. The van der Waals surface area contributed by atoms with Crippen molar-refractivity contribution in [2.24, 2.45) is 0 Å². The Morgan fingerprint density at radius 1 is 1.78 bits per heavy atom. The molecule has 9 heavy (non-hydrogen) atoms. The van der Waals surface area contributed by atoms with E-state index in [0.717, 1.165) is 6.16 Å². The van der Waals surface area contributed by atoms with E-state index in [1.165, 1.54) is 0 Å². The average Bonchev–Trinajstić information content (AvgIpc) is 1.89. The molecule has 0 aromatic heterocycles. The van der Waals surface area contributed by atoms with Gasteiger partial charge in [-0.2, -0.15) is 0 Å². The molecule has 0 amide bonds. The van der Waals surface area contributed by atoms with E-state index in [1.54, 1.807) is 6.08 Å². The lowest BCUT2D eigenvalue weighted by Gasteiger charge is -2.04. The van der Waals surface area contributed by atoms with Gasteiger partial charge in [0.15, 0.2) is 0 Å². The van der Waals surface area contributed by atoms with Crippen molar-refractivity contribution in [3.8, 4) is 12.3 Å². The summed E-state index contributed by atoms with van der Waals surface area (Å²) in [6, 6.07) is 0. The molecule has 50 valence electrons. The zero-order chi connectivity index (χ0) is 7.11. The Labute approximate surface area is 58.3 Å². The predicted molar refractivity (Wildman–Crippen MR) is 44.7 cm³/mol. The summed E-state index contributed by atoms with van der Waals surface area (Å²) >= 11 is 0. The quantitative estimate of drug-likeness (QED) is 0.463. The van der Waals surface area contributed by atoms with Gasteiger partial charge in [0.2, 0.25) is 0 Å². The Morgan fingerprint density at radius 2 is 2.44 bits per heavy atom. The highest BCUT2D eigenvalue weighted by Crippen LogP contribution is 2.22. The molecule has 0 aromatic rings. The number of rotatable bonds is 3. The molecular weight excluding hydrogens is 129 g/mol. The van der Waals surface area contributed by atoms with E-state index < -0.39 is 0 Å². The van der Waals surface area contributed by atoms with E-state index in [4.69, 9.17) is 6.42 Å². The van der Waals surface area contributed by atoms with E-state index >= 15 is 0 Å². The van der Waals surface area contributed by atoms with Crippen molar-refractivity contribution in [3.05, 3.63) is 12.2 Å². The lowest BCUT2D eigenvalue weighted by molar-refractivity contribution is 1.26. The molecule has 0 saturated carbocycles. The Hall–Kier alpha value is -0.310. The van der Waals surface area contributed by atoms with Gasteiger partial charge in [0.25, 0.3) is 0 Å². The van der Waals surface area contributed by atoms with Gasteiger partial charge in [0, 0.05) is 0 Å². The van der Waals surface area contributed by atoms with Crippen molar-refractivity contribution in [1.82, 2.24) is 5.09 Å². The van der Waals surface area contributed by atoms with E-state index in [9.17, 15) is 0 Å². The van der Waals surface area contributed by atoms with Gasteiger partial charge in [-0.15, -0.1) is 6.42 Å². The van der Waals surface area contributed by atoms with Crippen LogP contribution < -0.4 is 5.09 Å². The number of hydrogen-bond donors (Lipinski definition) is 1. The first-order valence-electron chi connectivity index (χ1n) is 2.81. The third kappa shape index (κ3) is 5.56. The summed E-state index contributed by atoms with van der Waals surface area (Å²) in [5.74, 6) is 2.45. The monoisotopic (exact) mass is 141 g/mol. The molecule has 0 bridgehead atoms. The highest BCUT2D eigenvalue weighted by atomic mass is 31.1. The van der Waals surface area contributed by atoms with Crippen LogP contribution in [0.3, 0.4) is 0 Å². The largest absolute Gasteiger partial charge is 0.299 e. The van der Waals surface area contributed by atoms with Crippen molar-refractivity contribution in [2.75, 3.05) is 19.9 Å². The van der Waals surface area contributed by atoms with Crippen LogP contribution >= 0.6 is 8.07 Å². The Bertz CT molecular complexity index is 123. The van der Waals surface area contributed by atoms with Gasteiger partial charge in [0.1, 0.15) is 0 Å². The van der Waals surface area contributed by atoms with E-state index in [-0.39, 0.29) is 8.07 Å². The summed E-state index contributed by atoms with van der Waals surface area (Å²) in [7, 11) is 1.95. The topological polar surface area (TPSA) is 12.0 Å². The molecule has 0 aromatic carbocycles. The molecule has 1 N–H and O–H groups in total. The number of allylic oxidation sites excluding steroid dienone is 2. The molecule has 0 spiro atoms. The molecule has 2 heteroatoms. The van der Waals surface area contributed by atoms with Gasteiger partial charge >= 0.3 is 0 Å². The van der Waals surface area contributed by atoms with Crippen LogP contribution in [0.4, 0.5) is 0 Å². The number of hydrogen-bond acceptors (Lipinski definition) is 1. The minimum absolute atomic E-state index is 0.0223. The van der Waals surface area contributed by atoms with Crippen LogP contribution in [0.2, 0.25) is 0 Å². The van der Waals surface area contributed by atoms with Gasteiger partial charge in [-0.25, -0.2) is 0 Å². The maximum absolute atomic E-state index is 5.01. The molecule has 0 radical (unpaired) electrons. The third-order valence-corrected chi connectivity index (χ3v) is 2.50. The van der Waals surface area contributed by atoms with Crippen molar-refractivity contribution >= 4 is 8.07 Å². The van der Waals surface area contributed by atoms with Crippen LogP contribution in [0.25, 0.3) is 0 Å². The Kier molecular flexibility index (Phi) is 5.62. The molecule has 1 atom stereocenters. The molecule has 1 nitrogen and oxygen atoms in total. The molecule has 0 aliphatic rings. The van der Waals surface area contributed by atoms with Crippen molar-refractivity contribution in [2.45, 2.75) is 0 Å². The van der Waals surface area contributed by atoms with Crippen LogP contribution in [0.1, 0.15) is 0 Å². The summed E-state index contributed by atoms with van der Waals surface area (Å²) in [6.07, 6.45) is 9.83. The fraction of sp³-hybridized carbons (Fsp3) is 0.429. The van der Waals surface area contributed by atoms with E-state index in [0.29, 0.717) is 0 Å². The first-order chi connectivity index (χ1) is 4.31. The molecule has 0 fully saturated rings. The minimum Gasteiger partial charge on any atom is -0.299 e. The van der Waals surface area contributed by atoms with Crippen molar-refractivity contribution in [1.29, 1.82) is 0 Å². The fourth-order valence-electron chi connectivity index (χ4n) is 0.370. The number of nitrogens with one attached hydrogen (secondary N) is 1. The molecule has 1 unspecified atom stereocenters. The molecule has 0 aliphatic heterocycles. The SMILES string of the molecule is C#C/C=C/CP(C)NC. The second kappa shape index (κ2) is 5.82. The lowest BCUT2D eigenvalue weighted by atomic mass is 10.5. The van der Waals surface area contributed by atoms with Crippen LogP contribution in [0, 0.1) is 12.3 Å². The summed E-state index contributed by atoms with van der Waals surface area (Å²) in [6.45, 7) is 2.18. The van der Waals surface area contributed by atoms with Crippen LogP contribution in [-0.2, 0) is 0 Å². The van der Waals surface area contributed by atoms with E-state index in [1.807, 2.05) is 13.1 Å².